The van der Waals surface area contributed by atoms with Crippen molar-refractivity contribution in [1.82, 2.24) is 15.0 Å². The van der Waals surface area contributed by atoms with E-state index < -0.39 is 0 Å². The minimum atomic E-state index is -0.346. The Morgan fingerprint density at radius 2 is 2.24 bits per heavy atom. The molecule has 0 radical (unpaired) electrons. The highest BCUT2D eigenvalue weighted by atomic mass is 32.1. The van der Waals surface area contributed by atoms with E-state index in [0.29, 0.717) is 11.6 Å². The highest BCUT2D eigenvalue weighted by Crippen LogP contribution is 2.25. The molecule has 2 heterocycles. The van der Waals surface area contributed by atoms with Crippen molar-refractivity contribution < 1.29 is 0 Å². The molecule has 0 spiro atoms. The molecule has 5 nitrogen and oxygen atoms in total. The van der Waals surface area contributed by atoms with Crippen LogP contribution in [0.3, 0.4) is 0 Å². The number of H-pyrrole nitrogens is 1. The molecule has 2 aromatic heterocycles. The van der Waals surface area contributed by atoms with Crippen LogP contribution in [0.1, 0.15) is 24.7 Å². The van der Waals surface area contributed by atoms with Crippen LogP contribution < -0.4 is 10.9 Å². The third kappa shape index (κ3) is 2.71. The zero-order valence-electron chi connectivity index (χ0n) is 9.94. The van der Waals surface area contributed by atoms with Crippen molar-refractivity contribution in [2.45, 2.75) is 26.3 Å². The Balaban J connectivity index is 2.29. The molecule has 0 aliphatic carbocycles. The second-order valence-electron chi connectivity index (χ2n) is 4.30. The molecule has 17 heavy (non-hydrogen) atoms. The average molecular weight is 250 g/mol. The summed E-state index contributed by atoms with van der Waals surface area (Å²) in [7, 11) is 0. The Morgan fingerprint density at radius 1 is 1.47 bits per heavy atom. The summed E-state index contributed by atoms with van der Waals surface area (Å²) >= 11 is 1.57. The number of aromatic nitrogens is 3. The van der Waals surface area contributed by atoms with Gasteiger partial charge in [0.25, 0.3) is 5.56 Å². The lowest BCUT2D eigenvalue weighted by Crippen LogP contribution is -2.29. The summed E-state index contributed by atoms with van der Waals surface area (Å²) in [5.41, 5.74) is -0.503. The van der Waals surface area contributed by atoms with Gasteiger partial charge in [0.1, 0.15) is 16.6 Å². The summed E-state index contributed by atoms with van der Waals surface area (Å²) in [6.45, 7) is 5.76. The first kappa shape index (κ1) is 11.8. The third-order valence-electron chi connectivity index (χ3n) is 2.27. The number of thiazole rings is 1. The van der Waals surface area contributed by atoms with Gasteiger partial charge in [-0.1, -0.05) is 0 Å². The lowest BCUT2D eigenvalue weighted by molar-refractivity contribution is 0.600. The first-order valence-corrected chi connectivity index (χ1v) is 6.11. The van der Waals surface area contributed by atoms with Gasteiger partial charge in [0.2, 0.25) is 0 Å². The van der Waals surface area contributed by atoms with Gasteiger partial charge in [-0.2, -0.15) is 0 Å². The van der Waals surface area contributed by atoms with E-state index in [2.05, 4.69) is 20.3 Å². The Morgan fingerprint density at radius 3 is 2.82 bits per heavy atom. The Labute approximate surface area is 103 Å². The molecule has 0 fully saturated rings. The van der Waals surface area contributed by atoms with Gasteiger partial charge in [0.15, 0.2) is 0 Å². The first-order chi connectivity index (χ1) is 7.97. The molecule has 2 aromatic rings. The maximum atomic E-state index is 11.3. The summed E-state index contributed by atoms with van der Waals surface area (Å²) < 4.78 is 0. The SMILES string of the molecule is Cc1nc(NC(C)(C)c2nccs2)cc(=O)[nH]1. The van der Waals surface area contributed by atoms with Crippen LogP contribution in [0.25, 0.3) is 0 Å². The van der Waals surface area contributed by atoms with Gasteiger partial charge < -0.3 is 10.3 Å². The first-order valence-electron chi connectivity index (χ1n) is 5.23. The second kappa shape index (κ2) is 4.29. The largest absolute Gasteiger partial charge is 0.358 e. The van der Waals surface area contributed by atoms with E-state index in [0.717, 1.165) is 5.01 Å². The van der Waals surface area contributed by atoms with Crippen molar-refractivity contribution in [3.05, 3.63) is 38.8 Å². The quantitative estimate of drug-likeness (QED) is 0.872. The molecule has 0 aliphatic heterocycles. The molecule has 0 saturated carbocycles. The van der Waals surface area contributed by atoms with Crippen molar-refractivity contribution in [2.75, 3.05) is 5.32 Å². The molecular formula is C11H14N4OS. The number of aromatic amines is 1. The number of nitrogens with zero attached hydrogens (tertiary/aromatic N) is 2. The van der Waals surface area contributed by atoms with E-state index in [1.807, 2.05) is 19.2 Å². The zero-order valence-corrected chi connectivity index (χ0v) is 10.8. The molecule has 0 aliphatic rings. The maximum absolute atomic E-state index is 11.3. The fraction of sp³-hybridized carbons (Fsp3) is 0.364. The van der Waals surface area contributed by atoms with Crippen LogP contribution in [0.4, 0.5) is 5.82 Å². The van der Waals surface area contributed by atoms with Crippen LogP contribution in [0.5, 0.6) is 0 Å². The van der Waals surface area contributed by atoms with Gasteiger partial charge in [-0.25, -0.2) is 9.97 Å². The third-order valence-corrected chi connectivity index (χ3v) is 3.36. The van der Waals surface area contributed by atoms with E-state index in [9.17, 15) is 4.79 Å². The highest BCUT2D eigenvalue weighted by Gasteiger charge is 2.23. The van der Waals surface area contributed by atoms with Crippen LogP contribution >= 0.6 is 11.3 Å². The standard InChI is InChI=1S/C11H14N4OS/c1-7-13-8(6-9(16)14-7)15-11(2,3)10-12-4-5-17-10/h4-6H,1-3H3,(H2,13,14,15,16). The second-order valence-corrected chi connectivity index (χ2v) is 5.20. The van der Waals surface area contributed by atoms with Crippen LogP contribution in [0, 0.1) is 6.92 Å². The zero-order chi connectivity index (χ0) is 12.5. The summed E-state index contributed by atoms with van der Waals surface area (Å²) in [6.07, 6.45) is 1.76. The lowest BCUT2D eigenvalue weighted by atomic mass is 10.1. The molecule has 0 saturated heterocycles. The minimum absolute atomic E-state index is 0.157. The topological polar surface area (TPSA) is 70.7 Å². The van der Waals surface area contributed by atoms with Crippen LogP contribution in [-0.4, -0.2) is 15.0 Å². The fourth-order valence-electron chi connectivity index (χ4n) is 1.55. The van der Waals surface area contributed by atoms with Gasteiger partial charge in [0.05, 0.1) is 5.54 Å². The van der Waals surface area contributed by atoms with E-state index in [4.69, 9.17) is 0 Å². The van der Waals surface area contributed by atoms with Crippen molar-refractivity contribution in [2.24, 2.45) is 0 Å². The van der Waals surface area contributed by atoms with Gasteiger partial charge in [-0.05, 0) is 20.8 Å². The molecule has 2 rings (SSSR count). The number of rotatable bonds is 3. The Kier molecular flexibility index (Phi) is 2.97. The fourth-order valence-corrected chi connectivity index (χ4v) is 2.27. The predicted octanol–water partition coefficient (Wildman–Crippen LogP) is 1.88. The number of anilines is 1. The number of hydrogen-bond acceptors (Lipinski definition) is 5. The van der Waals surface area contributed by atoms with Crippen LogP contribution in [0.2, 0.25) is 0 Å². The van der Waals surface area contributed by atoms with Gasteiger partial charge in [-0.3, -0.25) is 4.79 Å². The molecule has 0 amide bonds. The molecule has 90 valence electrons. The normalized spacial score (nSPS) is 11.5. The Hall–Kier alpha value is -1.69. The van der Waals surface area contributed by atoms with Gasteiger partial charge in [0, 0.05) is 17.6 Å². The lowest BCUT2D eigenvalue weighted by Gasteiger charge is -2.24. The van der Waals surface area contributed by atoms with E-state index in [1.54, 1.807) is 24.5 Å². The van der Waals surface area contributed by atoms with Crippen molar-refractivity contribution >= 4 is 17.2 Å². The van der Waals surface area contributed by atoms with Crippen molar-refractivity contribution in [1.29, 1.82) is 0 Å². The van der Waals surface area contributed by atoms with E-state index >= 15 is 0 Å². The predicted molar refractivity (Wildman–Crippen MR) is 68.4 cm³/mol. The maximum Gasteiger partial charge on any atom is 0.252 e. The summed E-state index contributed by atoms with van der Waals surface area (Å²) in [5, 5.41) is 6.10. The van der Waals surface area contributed by atoms with Gasteiger partial charge in [-0.15, -0.1) is 11.3 Å². The Bertz CT molecular complexity index is 559. The van der Waals surface area contributed by atoms with Crippen molar-refractivity contribution in [3.8, 4) is 0 Å². The number of aryl methyl sites for hydroxylation is 1. The molecule has 0 atom stereocenters. The number of hydrogen-bond donors (Lipinski definition) is 2. The number of nitrogens with one attached hydrogen (secondary N) is 2. The van der Waals surface area contributed by atoms with Crippen LogP contribution in [-0.2, 0) is 5.54 Å². The summed E-state index contributed by atoms with van der Waals surface area (Å²) in [5.74, 6) is 1.15. The van der Waals surface area contributed by atoms with Crippen molar-refractivity contribution in [3.63, 3.8) is 0 Å². The molecular weight excluding hydrogens is 236 g/mol. The molecule has 0 unspecified atom stereocenters. The van der Waals surface area contributed by atoms with Crippen LogP contribution in [0.15, 0.2) is 22.4 Å². The molecule has 0 bridgehead atoms. The highest BCUT2D eigenvalue weighted by molar-refractivity contribution is 7.09. The molecule has 2 N–H and O–H groups in total. The smallest absolute Gasteiger partial charge is 0.252 e. The van der Waals surface area contributed by atoms with E-state index in [1.165, 1.54) is 6.07 Å². The van der Waals surface area contributed by atoms with Gasteiger partial charge >= 0.3 is 0 Å². The average Bonchev–Trinajstić information content (AvgIpc) is 2.67. The summed E-state index contributed by atoms with van der Waals surface area (Å²) in [4.78, 5) is 22.5. The summed E-state index contributed by atoms with van der Waals surface area (Å²) in [6, 6.07) is 1.45. The minimum Gasteiger partial charge on any atom is -0.358 e. The molecule has 6 heteroatoms. The molecule has 0 aromatic carbocycles. The van der Waals surface area contributed by atoms with E-state index in [-0.39, 0.29) is 11.1 Å². The monoisotopic (exact) mass is 250 g/mol.